The molecule has 1 fully saturated rings. The highest BCUT2D eigenvalue weighted by atomic mass is 16.3. The molecule has 0 aliphatic carbocycles. The van der Waals surface area contributed by atoms with Crippen LogP contribution in [0.2, 0.25) is 0 Å². The average molecular weight is 386 g/mol. The SMILES string of the molecule is CC(C)c1ccc(CN2CCCC(O)(CNCCc3ncnn3C)C2=O)cc1. The third kappa shape index (κ3) is 4.77. The number of hydrogen-bond acceptors (Lipinski definition) is 5. The van der Waals surface area contributed by atoms with Crippen LogP contribution in [-0.4, -0.2) is 55.9 Å². The van der Waals surface area contributed by atoms with Gasteiger partial charge in [-0.1, -0.05) is 38.1 Å². The maximum atomic E-state index is 12.9. The summed E-state index contributed by atoms with van der Waals surface area (Å²) in [5.41, 5.74) is 1.05. The van der Waals surface area contributed by atoms with Crippen LogP contribution >= 0.6 is 0 Å². The van der Waals surface area contributed by atoms with Gasteiger partial charge < -0.3 is 15.3 Å². The number of amides is 1. The quantitative estimate of drug-likeness (QED) is 0.675. The van der Waals surface area contributed by atoms with Gasteiger partial charge in [0, 0.05) is 39.6 Å². The van der Waals surface area contributed by atoms with Gasteiger partial charge in [0.25, 0.3) is 5.91 Å². The van der Waals surface area contributed by atoms with Gasteiger partial charge >= 0.3 is 0 Å². The first-order valence-electron chi connectivity index (χ1n) is 10.0. The Hall–Kier alpha value is -2.25. The number of nitrogens with zero attached hydrogens (tertiary/aromatic N) is 4. The fourth-order valence-electron chi connectivity index (χ4n) is 3.65. The minimum absolute atomic E-state index is 0.183. The fraction of sp³-hybridized carbons (Fsp3) is 0.571. The van der Waals surface area contributed by atoms with Gasteiger partial charge in [0.15, 0.2) is 5.60 Å². The van der Waals surface area contributed by atoms with E-state index in [1.165, 1.54) is 11.9 Å². The normalized spacial score (nSPS) is 20.2. The summed E-state index contributed by atoms with van der Waals surface area (Å²) < 4.78 is 1.73. The summed E-state index contributed by atoms with van der Waals surface area (Å²) in [6.07, 6.45) is 3.52. The van der Waals surface area contributed by atoms with Crippen LogP contribution in [0.1, 0.15) is 49.6 Å². The zero-order chi connectivity index (χ0) is 20.1. The third-order valence-corrected chi connectivity index (χ3v) is 5.47. The molecule has 1 aromatic carbocycles. The van der Waals surface area contributed by atoms with Crippen LogP contribution in [0.4, 0.5) is 0 Å². The van der Waals surface area contributed by atoms with E-state index in [1.807, 2.05) is 7.05 Å². The standard InChI is InChI=1S/C21H31N5O2/c1-16(2)18-7-5-17(6-8-18)13-26-12-4-10-21(28,20(26)27)14-22-11-9-19-23-15-24-25(19)3/h5-8,15-16,22,28H,4,9-14H2,1-3H3. The van der Waals surface area contributed by atoms with Crippen molar-refractivity contribution in [1.82, 2.24) is 25.0 Å². The van der Waals surface area contributed by atoms with Gasteiger partial charge in [0.2, 0.25) is 0 Å². The van der Waals surface area contributed by atoms with Crippen molar-refractivity contribution >= 4 is 5.91 Å². The second-order valence-corrected chi connectivity index (χ2v) is 7.98. The van der Waals surface area contributed by atoms with Crippen LogP contribution in [0.3, 0.4) is 0 Å². The molecule has 2 N–H and O–H groups in total. The largest absolute Gasteiger partial charge is 0.379 e. The number of carbonyl (C=O) groups excluding carboxylic acids is 1. The Bertz CT molecular complexity index is 786. The minimum Gasteiger partial charge on any atom is -0.379 e. The number of piperidine rings is 1. The summed E-state index contributed by atoms with van der Waals surface area (Å²) in [7, 11) is 1.85. The Morgan fingerprint density at radius 1 is 1.29 bits per heavy atom. The molecule has 0 spiro atoms. The summed E-state index contributed by atoms with van der Waals surface area (Å²) in [6, 6.07) is 8.40. The molecule has 1 unspecified atom stereocenters. The molecule has 3 rings (SSSR count). The van der Waals surface area contributed by atoms with E-state index in [4.69, 9.17) is 0 Å². The minimum atomic E-state index is -1.34. The van der Waals surface area contributed by atoms with E-state index in [2.05, 4.69) is 53.5 Å². The number of likely N-dealkylation sites (tertiary alicyclic amines) is 1. The molecule has 1 amide bonds. The van der Waals surface area contributed by atoms with Crippen molar-refractivity contribution in [2.45, 2.75) is 51.2 Å². The second kappa shape index (κ2) is 8.84. The van der Waals surface area contributed by atoms with Crippen molar-refractivity contribution in [3.8, 4) is 0 Å². The van der Waals surface area contributed by atoms with Gasteiger partial charge in [-0.05, 0) is 29.9 Å². The molecule has 1 aliphatic rings. The van der Waals surface area contributed by atoms with E-state index in [0.717, 1.165) is 17.8 Å². The molecule has 152 valence electrons. The Kier molecular flexibility index (Phi) is 6.46. The van der Waals surface area contributed by atoms with E-state index in [1.54, 1.807) is 9.58 Å². The van der Waals surface area contributed by atoms with Gasteiger partial charge in [0.1, 0.15) is 12.2 Å². The smallest absolute Gasteiger partial charge is 0.256 e. The first kappa shape index (κ1) is 20.5. The topological polar surface area (TPSA) is 83.3 Å². The lowest BCUT2D eigenvalue weighted by molar-refractivity contribution is -0.157. The highest BCUT2D eigenvalue weighted by molar-refractivity contribution is 5.86. The van der Waals surface area contributed by atoms with Crippen molar-refractivity contribution in [2.24, 2.45) is 7.05 Å². The molecule has 2 aromatic rings. The summed E-state index contributed by atoms with van der Waals surface area (Å²) in [5.74, 6) is 1.18. The fourth-order valence-corrected chi connectivity index (χ4v) is 3.65. The van der Waals surface area contributed by atoms with Crippen molar-refractivity contribution < 1.29 is 9.90 Å². The molecular formula is C21H31N5O2. The van der Waals surface area contributed by atoms with Gasteiger partial charge in [-0.25, -0.2) is 4.98 Å². The first-order valence-corrected chi connectivity index (χ1v) is 10.0. The molecule has 28 heavy (non-hydrogen) atoms. The van der Waals surface area contributed by atoms with Gasteiger partial charge in [-0.3, -0.25) is 9.48 Å². The molecule has 1 atom stereocenters. The number of hydrogen-bond donors (Lipinski definition) is 2. The Balaban J connectivity index is 1.54. The molecule has 1 saturated heterocycles. The number of aliphatic hydroxyl groups is 1. The summed E-state index contributed by atoms with van der Waals surface area (Å²) >= 11 is 0. The zero-order valence-corrected chi connectivity index (χ0v) is 17.1. The highest BCUT2D eigenvalue weighted by Gasteiger charge is 2.41. The van der Waals surface area contributed by atoms with Gasteiger partial charge in [-0.2, -0.15) is 5.10 Å². The number of rotatable bonds is 8. The van der Waals surface area contributed by atoms with Crippen molar-refractivity contribution in [1.29, 1.82) is 0 Å². The number of aryl methyl sites for hydroxylation is 1. The van der Waals surface area contributed by atoms with Gasteiger partial charge in [0.05, 0.1) is 0 Å². The van der Waals surface area contributed by atoms with E-state index < -0.39 is 5.60 Å². The third-order valence-electron chi connectivity index (χ3n) is 5.47. The monoisotopic (exact) mass is 385 g/mol. The number of benzene rings is 1. The summed E-state index contributed by atoms with van der Waals surface area (Å²) in [5, 5.41) is 18.2. The maximum Gasteiger partial charge on any atom is 0.256 e. The van der Waals surface area contributed by atoms with Crippen LogP contribution in [0.15, 0.2) is 30.6 Å². The van der Waals surface area contributed by atoms with E-state index >= 15 is 0 Å². The van der Waals surface area contributed by atoms with E-state index in [9.17, 15) is 9.90 Å². The van der Waals surface area contributed by atoms with Crippen molar-refractivity contribution in [2.75, 3.05) is 19.6 Å². The lowest BCUT2D eigenvalue weighted by Gasteiger charge is -2.38. The van der Waals surface area contributed by atoms with E-state index in [0.29, 0.717) is 38.4 Å². The van der Waals surface area contributed by atoms with Crippen molar-refractivity contribution in [3.05, 3.63) is 47.5 Å². The molecular weight excluding hydrogens is 354 g/mol. The maximum absolute atomic E-state index is 12.9. The molecule has 7 heteroatoms. The molecule has 1 aliphatic heterocycles. The average Bonchev–Trinajstić information content (AvgIpc) is 3.08. The summed E-state index contributed by atoms with van der Waals surface area (Å²) in [6.45, 7) is 6.46. The lowest BCUT2D eigenvalue weighted by atomic mass is 9.91. The van der Waals surface area contributed by atoms with Crippen LogP contribution in [0.25, 0.3) is 0 Å². The molecule has 1 aromatic heterocycles. The van der Waals surface area contributed by atoms with Crippen LogP contribution in [0.5, 0.6) is 0 Å². The first-order chi connectivity index (χ1) is 13.4. The van der Waals surface area contributed by atoms with Crippen molar-refractivity contribution in [3.63, 3.8) is 0 Å². The number of carbonyl (C=O) groups is 1. The Morgan fingerprint density at radius 3 is 2.68 bits per heavy atom. The molecule has 0 radical (unpaired) electrons. The predicted octanol–water partition coefficient (Wildman–Crippen LogP) is 1.62. The predicted molar refractivity (Wildman–Crippen MR) is 108 cm³/mol. The number of aromatic nitrogens is 3. The lowest BCUT2D eigenvalue weighted by Crippen LogP contribution is -2.57. The highest BCUT2D eigenvalue weighted by Crippen LogP contribution is 2.24. The Labute approximate surface area is 166 Å². The van der Waals surface area contributed by atoms with Crippen LogP contribution in [0, 0.1) is 0 Å². The summed E-state index contributed by atoms with van der Waals surface area (Å²) in [4.78, 5) is 18.9. The van der Waals surface area contributed by atoms with Gasteiger partial charge in [-0.15, -0.1) is 0 Å². The zero-order valence-electron chi connectivity index (χ0n) is 17.1. The number of nitrogens with one attached hydrogen (secondary N) is 1. The molecule has 0 bridgehead atoms. The molecule has 0 saturated carbocycles. The molecule has 2 heterocycles. The van der Waals surface area contributed by atoms with Crippen LogP contribution < -0.4 is 5.32 Å². The van der Waals surface area contributed by atoms with Crippen LogP contribution in [-0.2, 0) is 24.8 Å². The van der Waals surface area contributed by atoms with E-state index in [-0.39, 0.29) is 12.5 Å². The Morgan fingerprint density at radius 2 is 2.04 bits per heavy atom. The molecule has 7 nitrogen and oxygen atoms in total. The second-order valence-electron chi connectivity index (χ2n) is 7.98.